The molecule has 0 aliphatic rings. The molecule has 0 saturated carbocycles. The van der Waals surface area contributed by atoms with E-state index in [0.29, 0.717) is 34.3 Å². The number of benzene rings is 3. The van der Waals surface area contributed by atoms with Gasteiger partial charge in [-0.25, -0.2) is 9.19 Å². The number of hydrogen-bond acceptors (Lipinski definition) is 8. The minimum absolute atomic E-state index is 0.125. The fourth-order valence-electron chi connectivity index (χ4n) is 3.60. The molecule has 1 heterocycles. The fraction of sp³-hybridized carbons (Fsp3) is 0.120. The summed E-state index contributed by atoms with van der Waals surface area (Å²) < 4.78 is 32.8. The van der Waals surface area contributed by atoms with Crippen molar-refractivity contribution in [2.24, 2.45) is 0 Å². The quantitative estimate of drug-likeness (QED) is 0.213. The topological polar surface area (TPSA) is 160 Å². The number of nitrogen functional groups attached to an aromatic ring is 3. The second kappa shape index (κ2) is 10.4. The first-order valence-electron chi connectivity index (χ1n) is 10.6. The Kier molecular flexibility index (Phi) is 7.14. The van der Waals surface area contributed by atoms with Crippen LogP contribution < -0.4 is 26.7 Å². The maximum absolute atomic E-state index is 11.4. The number of anilines is 3. The largest absolute Gasteiger partial charge is 0.493 e. The lowest BCUT2D eigenvalue weighted by molar-refractivity contribution is 0.234. The first-order valence-corrected chi connectivity index (χ1v) is 11.7. The highest BCUT2D eigenvalue weighted by molar-refractivity contribution is 7.79. The first kappa shape index (κ1) is 24.0. The van der Waals surface area contributed by atoms with E-state index in [-0.39, 0.29) is 5.95 Å². The smallest absolute Gasteiger partial charge is 0.221 e. The molecule has 180 valence electrons. The molecule has 2 unspecified atom stereocenters. The molecular weight excluding hydrogens is 466 g/mol. The van der Waals surface area contributed by atoms with Gasteiger partial charge in [0, 0.05) is 23.9 Å². The Bertz CT molecular complexity index is 1350. The number of aromatic nitrogens is 2. The van der Waals surface area contributed by atoms with Crippen LogP contribution in [0.15, 0.2) is 77.8 Å². The molecule has 3 aromatic carbocycles. The van der Waals surface area contributed by atoms with Gasteiger partial charge in [0.15, 0.2) is 22.6 Å². The summed E-state index contributed by atoms with van der Waals surface area (Å²) in [5.74, 6) is 1.51. The Morgan fingerprint density at radius 1 is 0.943 bits per heavy atom. The molecule has 0 amide bonds. The highest BCUT2D eigenvalue weighted by Gasteiger charge is 2.19. The predicted molar refractivity (Wildman–Crippen MR) is 135 cm³/mol. The Labute approximate surface area is 205 Å². The van der Waals surface area contributed by atoms with E-state index in [2.05, 4.69) is 9.97 Å². The van der Waals surface area contributed by atoms with Crippen molar-refractivity contribution in [1.82, 2.24) is 9.97 Å². The third-order valence-corrected chi connectivity index (χ3v) is 6.08. The maximum atomic E-state index is 11.4. The van der Waals surface area contributed by atoms with Crippen molar-refractivity contribution in [2.45, 2.75) is 17.4 Å². The summed E-state index contributed by atoms with van der Waals surface area (Å²) in [6.07, 6.45) is 1.58. The molecule has 0 saturated heterocycles. The van der Waals surface area contributed by atoms with Crippen LogP contribution in [-0.4, -0.2) is 25.8 Å². The second-order valence-electron chi connectivity index (χ2n) is 7.78. The molecule has 0 radical (unpaired) electrons. The van der Waals surface area contributed by atoms with Crippen molar-refractivity contribution >= 4 is 28.5 Å². The van der Waals surface area contributed by atoms with Gasteiger partial charge in [-0.1, -0.05) is 30.3 Å². The number of nitrogens with two attached hydrogens (primary N) is 3. The summed E-state index contributed by atoms with van der Waals surface area (Å²) in [6, 6.07) is 19.6. The number of nitrogens with zero attached hydrogens (tertiary/aromatic N) is 2. The van der Waals surface area contributed by atoms with Crippen molar-refractivity contribution < 1.29 is 18.2 Å². The molecule has 4 rings (SSSR count). The second-order valence-corrected chi connectivity index (χ2v) is 8.75. The summed E-state index contributed by atoms with van der Waals surface area (Å²) in [6.45, 7) is 0. The van der Waals surface area contributed by atoms with Crippen LogP contribution in [0.3, 0.4) is 0 Å². The van der Waals surface area contributed by atoms with E-state index in [1.807, 2.05) is 30.3 Å². The summed E-state index contributed by atoms with van der Waals surface area (Å²) in [7, 11) is 1.57. The van der Waals surface area contributed by atoms with Gasteiger partial charge in [-0.2, -0.15) is 4.98 Å². The zero-order valence-electron chi connectivity index (χ0n) is 18.9. The highest BCUT2D eigenvalue weighted by Crippen LogP contribution is 2.36. The van der Waals surface area contributed by atoms with E-state index in [1.54, 1.807) is 49.7 Å². The van der Waals surface area contributed by atoms with E-state index < -0.39 is 17.2 Å². The van der Waals surface area contributed by atoms with Crippen LogP contribution in [-0.2, 0) is 17.5 Å². The van der Waals surface area contributed by atoms with E-state index >= 15 is 0 Å². The summed E-state index contributed by atoms with van der Waals surface area (Å²) in [5, 5.41) is 0. The predicted octanol–water partition coefficient (Wildman–Crippen LogP) is 3.57. The molecule has 0 aliphatic carbocycles. The Morgan fingerprint density at radius 3 is 2.20 bits per heavy atom. The van der Waals surface area contributed by atoms with Crippen molar-refractivity contribution in [2.75, 3.05) is 24.3 Å². The van der Waals surface area contributed by atoms with Gasteiger partial charge < -0.3 is 31.2 Å². The van der Waals surface area contributed by atoms with Crippen LogP contribution in [0.25, 0.3) is 0 Å². The molecule has 1 aromatic heterocycles. The zero-order chi connectivity index (χ0) is 24.9. The lowest BCUT2D eigenvalue weighted by Gasteiger charge is -2.22. The van der Waals surface area contributed by atoms with Crippen LogP contribution in [0.4, 0.5) is 17.5 Å². The van der Waals surface area contributed by atoms with Gasteiger partial charge in [0.1, 0.15) is 11.9 Å². The van der Waals surface area contributed by atoms with E-state index in [0.717, 1.165) is 22.3 Å². The van der Waals surface area contributed by atoms with Crippen molar-refractivity contribution in [3.8, 4) is 11.5 Å². The van der Waals surface area contributed by atoms with Gasteiger partial charge in [0.2, 0.25) is 5.95 Å². The summed E-state index contributed by atoms with van der Waals surface area (Å²) in [5.41, 5.74) is 21.4. The third kappa shape index (κ3) is 5.68. The van der Waals surface area contributed by atoms with Crippen molar-refractivity contribution in [3.05, 3.63) is 95.2 Å². The van der Waals surface area contributed by atoms with Crippen LogP contribution in [0.5, 0.6) is 11.5 Å². The normalized spacial score (nSPS) is 12.6. The molecule has 0 aliphatic heterocycles. The first-order chi connectivity index (χ1) is 16.8. The number of methoxy groups -OCH3 is 1. The lowest BCUT2D eigenvalue weighted by Crippen LogP contribution is -2.11. The minimum atomic E-state index is -2.07. The monoisotopic (exact) mass is 491 g/mol. The van der Waals surface area contributed by atoms with Gasteiger partial charge >= 0.3 is 0 Å². The number of rotatable bonds is 8. The highest BCUT2D eigenvalue weighted by atomic mass is 32.2. The molecule has 0 bridgehead atoms. The van der Waals surface area contributed by atoms with Crippen LogP contribution in [0.1, 0.15) is 28.4 Å². The average molecular weight is 492 g/mol. The van der Waals surface area contributed by atoms with Crippen molar-refractivity contribution in [3.63, 3.8) is 0 Å². The standard InChI is InChI=1S/C25H25N5O4S/c1-33-22-13-15(12-18-14-29-25(28)30-24(18)27)2-11-21(22)34-23(16-3-7-19(26)8-4-16)17-5-9-20(10-6-17)35(31)32/h2-11,13-14,23H,12,26H2,1H3,(H,31,32)(H4,27,28,29,30). The van der Waals surface area contributed by atoms with Gasteiger partial charge in [-0.05, 0) is 53.1 Å². The Hall–Kier alpha value is -4.15. The summed E-state index contributed by atoms with van der Waals surface area (Å²) >= 11 is -2.07. The van der Waals surface area contributed by atoms with Crippen LogP contribution in [0.2, 0.25) is 0 Å². The van der Waals surface area contributed by atoms with Gasteiger partial charge in [-0.3, -0.25) is 0 Å². The van der Waals surface area contributed by atoms with Gasteiger partial charge in [0.25, 0.3) is 0 Å². The molecule has 2 atom stereocenters. The van der Waals surface area contributed by atoms with E-state index in [1.165, 1.54) is 0 Å². The molecule has 0 spiro atoms. The minimum Gasteiger partial charge on any atom is -0.493 e. The van der Waals surface area contributed by atoms with Crippen molar-refractivity contribution in [1.29, 1.82) is 0 Å². The van der Waals surface area contributed by atoms with E-state index in [4.69, 9.17) is 26.7 Å². The molecule has 35 heavy (non-hydrogen) atoms. The van der Waals surface area contributed by atoms with Gasteiger partial charge in [-0.15, -0.1) is 0 Å². The van der Waals surface area contributed by atoms with Gasteiger partial charge in [0.05, 0.1) is 12.0 Å². The Balaban J connectivity index is 1.66. The molecule has 4 aromatic rings. The third-order valence-electron chi connectivity index (χ3n) is 5.41. The summed E-state index contributed by atoms with van der Waals surface area (Å²) in [4.78, 5) is 8.32. The zero-order valence-corrected chi connectivity index (χ0v) is 19.7. The fourth-order valence-corrected chi connectivity index (χ4v) is 3.96. The molecule has 7 N–H and O–H groups in total. The number of hydrogen-bond donors (Lipinski definition) is 4. The maximum Gasteiger partial charge on any atom is 0.221 e. The lowest BCUT2D eigenvalue weighted by atomic mass is 10.0. The molecule has 10 heteroatoms. The SMILES string of the molecule is COc1cc(Cc2cnc(N)nc2N)ccc1OC(c1ccc(N)cc1)c1ccc(S(=O)O)cc1. The van der Waals surface area contributed by atoms with E-state index in [9.17, 15) is 8.76 Å². The molecule has 9 nitrogen and oxygen atoms in total. The molecule has 0 fully saturated rings. The molecular formula is C25H25N5O4S. The Morgan fingerprint density at radius 2 is 1.60 bits per heavy atom. The van der Waals surface area contributed by atoms with Crippen LogP contribution >= 0.6 is 0 Å². The number of ether oxygens (including phenoxy) is 2. The average Bonchev–Trinajstić information content (AvgIpc) is 2.85. The van der Waals surface area contributed by atoms with Crippen LogP contribution in [0, 0.1) is 0 Å².